The van der Waals surface area contributed by atoms with E-state index in [1.54, 1.807) is 18.3 Å². The number of nitrogens with one attached hydrogen (secondary N) is 1. The summed E-state index contributed by atoms with van der Waals surface area (Å²) in [5, 5.41) is 13.1. The molecule has 1 aromatic heterocycles. The first-order chi connectivity index (χ1) is 9.79. The number of hydrogen-bond donors (Lipinski definition) is 1. The Labute approximate surface area is 115 Å². The van der Waals surface area contributed by atoms with Crippen LogP contribution in [0.3, 0.4) is 0 Å². The molecule has 3 nitrogen and oxygen atoms in total. The van der Waals surface area contributed by atoms with Gasteiger partial charge in [0.15, 0.2) is 0 Å². The first kappa shape index (κ1) is 12.1. The van der Waals surface area contributed by atoms with Crippen LogP contribution in [0.25, 0.3) is 10.9 Å². The summed E-state index contributed by atoms with van der Waals surface area (Å²) in [5.74, 6) is -0.532. The van der Waals surface area contributed by atoms with Gasteiger partial charge in [-0.15, -0.1) is 0 Å². The number of pyridine rings is 1. The highest BCUT2D eigenvalue weighted by Crippen LogP contribution is 2.27. The van der Waals surface area contributed by atoms with Gasteiger partial charge in [0.05, 0.1) is 11.2 Å². The molecule has 0 radical (unpaired) electrons. The lowest BCUT2D eigenvalue weighted by Crippen LogP contribution is -1.97. The fraction of sp³-hybridized carbons (Fsp3) is 0. The van der Waals surface area contributed by atoms with Gasteiger partial charge in [-0.05, 0) is 36.4 Å². The van der Waals surface area contributed by atoms with Crippen LogP contribution in [0.2, 0.25) is 0 Å². The Hall–Kier alpha value is -2.93. The van der Waals surface area contributed by atoms with Crippen LogP contribution in [0, 0.1) is 17.1 Å². The van der Waals surface area contributed by atoms with Crippen molar-refractivity contribution in [3.63, 3.8) is 0 Å². The van der Waals surface area contributed by atoms with Crippen molar-refractivity contribution in [2.75, 3.05) is 5.32 Å². The van der Waals surface area contributed by atoms with Crippen LogP contribution in [0.1, 0.15) is 5.56 Å². The van der Waals surface area contributed by atoms with Crippen LogP contribution in [0.15, 0.2) is 54.7 Å². The molecule has 3 rings (SSSR count). The molecule has 0 amide bonds. The van der Waals surface area contributed by atoms with Crippen molar-refractivity contribution in [1.29, 1.82) is 5.26 Å². The molecule has 4 heteroatoms. The zero-order valence-corrected chi connectivity index (χ0v) is 10.5. The summed E-state index contributed by atoms with van der Waals surface area (Å²) in [6.07, 6.45) is 1.72. The van der Waals surface area contributed by atoms with Crippen LogP contribution in [0.4, 0.5) is 15.8 Å². The predicted molar refractivity (Wildman–Crippen MR) is 76.1 cm³/mol. The van der Waals surface area contributed by atoms with Crippen molar-refractivity contribution < 1.29 is 4.39 Å². The summed E-state index contributed by atoms with van der Waals surface area (Å²) in [5.41, 5.74) is 2.09. The Morgan fingerprint density at radius 1 is 1.00 bits per heavy atom. The van der Waals surface area contributed by atoms with Crippen LogP contribution in [0.5, 0.6) is 0 Å². The summed E-state index contributed by atoms with van der Waals surface area (Å²) in [6.45, 7) is 0. The third-order valence-electron chi connectivity index (χ3n) is 3.04. The SMILES string of the molecule is N#Cc1c(F)cccc1Nc1cccc2ncccc12. The first-order valence-corrected chi connectivity index (χ1v) is 6.09. The molecule has 1 N–H and O–H groups in total. The van der Waals surface area contributed by atoms with Crippen LogP contribution in [-0.4, -0.2) is 4.98 Å². The van der Waals surface area contributed by atoms with E-state index in [0.29, 0.717) is 5.69 Å². The van der Waals surface area contributed by atoms with Gasteiger partial charge in [0.1, 0.15) is 17.4 Å². The summed E-state index contributed by atoms with van der Waals surface area (Å²) in [7, 11) is 0. The smallest absolute Gasteiger partial charge is 0.143 e. The van der Waals surface area contributed by atoms with E-state index in [2.05, 4.69) is 10.3 Å². The second-order valence-corrected chi connectivity index (χ2v) is 4.27. The molecular formula is C16H10FN3. The normalized spacial score (nSPS) is 10.2. The highest BCUT2D eigenvalue weighted by atomic mass is 19.1. The maximum atomic E-state index is 13.6. The summed E-state index contributed by atoms with van der Waals surface area (Å²) >= 11 is 0. The Kier molecular flexibility index (Phi) is 3.02. The lowest BCUT2D eigenvalue weighted by Gasteiger charge is -2.11. The molecule has 1 heterocycles. The zero-order chi connectivity index (χ0) is 13.9. The van der Waals surface area contributed by atoms with Crippen molar-refractivity contribution in [2.45, 2.75) is 0 Å². The summed E-state index contributed by atoms with van der Waals surface area (Å²) < 4.78 is 13.6. The molecular weight excluding hydrogens is 253 g/mol. The van der Waals surface area contributed by atoms with Gasteiger partial charge < -0.3 is 5.32 Å². The molecule has 0 unspecified atom stereocenters. The molecule has 0 saturated heterocycles. The first-order valence-electron chi connectivity index (χ1n) is 6.09. The number of benzene rings is 2. The highest BCUT2D eigenvalue weighted by Gasteiger charge is 2.09. The lowest BCUT2D eigenvalue weighted by atomic mass is 10.1. The number of halogens is 1. The third-order valence-corrected chi connectivity index (χ3v) is 3.04. The van der Waals surface area contributed by atoms with E-state index < -0.39 is 5.82 Å². The van der Waals surface area contributed by atoms with Crippen LogP contribution in [-0.2, 0) is 0 Å². The minimum atomic E-state index is -0.532. The van der Waals surface area contributed by atoms with E-state index in [1.807, 2.05) is 36.4 Å². The van der Waals surface area contributed by atoms with Crippen molar-refractivity contribution >= 4 is 22.3 Å². The van der Waals surface area contributed by atoms with Gasteiger partial charge in [-0.3, -0.25) is 4.98 Å². The number of rotatable bonds is 2. The standard InChI is InChI=1S/C16H10FN3/c17-13-5-1-7-16(12(13)10-18)20-15-8-2-6-14-11(15)4-3-9-19-14/h1-9,20H. The van der Waals surface area contributed by atoms with E-state index in [0.717, 1.165) is 16.6 Å². The topological polar surface area (TPSA) is 48.7 Å². The molecule has 3 aromatic rings. The minimum Gasteiger partial charge on any atom is -0.354 e. The fourth-order valence-corrected chi connectivity index (χ4v) is 2.10. The molecule has 0 aliphatic heterocycles. The number of nitrogens with zero attached hydrogens (tertiary/aromatic N) is 2. The van der Waals surface area contributed by atoms with Crippen molar-refractivity contribution in [3.8, 4) is 6.07 Å². The summed E-state index contributed by atoms with van der Waals surface area (Å²) in [6, 6.07) is 15.8. The Bertz CT molecular complexity index is 816. The summed E-state index contributed by atoms with van der Waals surface area (Å²) in [4.78, 5) is 4.26. The second kappa shape index (κ2) is 4.98. The predicted octanol–water partition coefficient (Wildman–Crippen LogP) is 3.99. The highest BCUT2D eigenvalue weighted by molar-refractivity contribution is 5.93. The number of aromatic nitrogens is 1. The minimum absolute atomic E-state index is 0.00777. The molecule has 2 aromatic carbocycles. The quantitative estimate of drug-likeness (QED) is 0.760. The average Bonchev–Trinajstić information content (AvgIpc) is 2.48. The molecule has 0 saturated carbocycles. The Morgan fingerprint density at radius 3 is 2.65 bits per heavy atom. The molecule has 0 atom stereocenters. The van der Waals surface area contributed by atoms with Crippen molar-refractivity contribution in [3.05, 3.63) is 66.1 Å². The van der Waals surface area contributed by atoms with Gasteiger partial charge in [0, 0.05) is 17.3 Å². The monoisotopic (exact) mass is 263 g/mol. The van der Waals surface area contributed by atoms with Gasteiger partial charge in [-0.2, -0.15) is 5.26 Å². The van der Waals surface area contributed by atoms with Crippen LogP contribution < -0.4 is 5.32 Å². The number of fused-ring (bicyclic) bond motifs is 1. The van der Waals surface area contributed by atoms with Gasteiger partial charge >= 0.3 is 0 Å². The zero-order valence-electron chi connectivity index (χ0n) is 10.5. The molecule has 0 aliphatic rings. The van der Waals surface area contributed by atoms with Crippen LogP contribution >= 0.6 is 0 Å². The second-order valence-electron chi connectivity index (χ2n) is 4.27. The maximum Gasteiger partial charge on any atom is 0.143 e. The Balaban J connectivity index is 2.11. The molecule has 0 fully saturated rings. The van der Waals surface area contributed by atoms with E-state index >= 15 is 0 Å². The van der Waals surface area contributed by atoms with Gasteiger partial charge in [-0.25, -0.2) is 4.39 Å². The van der Waals surface area contributed by atoms with E-state index in [1.165, 1.54) is 6.07 Å². The largest absolute Gasteiger partial charge is 0.354 e. The molecule has 0 bridgehead atoms. The molecule has 20 heavy (non-hydrogen) atoms. The molecule has 0 spiro atoms. The van der Waals surface area contributed by atoms with Crippen molar-refractivity contribution in [1.82, 2.24) is 4.98 Å². The Morgan fingerprint density at radius 2 is 1.80 bits per heavy atom. The van der Waals surface area contributed by atoms with E-state index in [4.69, 9.17) is 5.26 Å². The van der Waals surface area contributed by atoms with Gasteiger partial charge in [-0.1, -0.05) is 12.1 Å². The number of nitriles is 1. The number of anilines is 2. The lowest BCUT2D eigenvalue weighted by molar-refractivity contribution is 0.624. The van der Waals surface area contributed by atoms with Crippen molar-refractivity contribution in [2.24, 2.45) is 0 Å². The molecule has 96 valence electrons. The third kappa shape index (κ3) is 2.06. The van der Waals surface area contributed by atoms with Gasteiger partial charge in [0.2, 0.25) is 0 Å². The average molecular weight is 263 g/mol. The van der Waals surface area contributed by atoms with Gasteiger partial charge in [0.25, 0.3) is 0 Å². The van der Waals surface area contributed by atoms with E-state index in [9.17, 15) is 4.39 Å². The maximum absolute atomic E-state index is 13.6. The van der Waals surface area contributed by atoms with E-state index in [-0.39, 0.29) is 5.56 Å². The fourth-order valence-electron chi connectivity index (χ4n) is 2.10. The molecule has 0 aliphatic carbocycles. The number of hydrogen-bond acceptors (Lipinski definition) is 3.